The molecule has 1 aliphatic heterocycles. The van der Waals surface area contributed by atoms with Gasteiger partial charge in [0.05, 0.1) is 6.61 Å². The van der Waals surface area contributed by atoms with Crippen molar-refractivity contribution in [3.8, 4) is 5.75 Å². The zero-order valence-electron chi connectivity index (χ0n) is 12.9. The molecule has 112 valence electrons. The Morgan fingerprint density at radius 1 is 1.30 bits per heavy atom. The van der Waals surface area contributed by atoms with Crippen LogP contribution in [-0.4, -0.2) is 55.7 Å². The standard InChI is InChI=1S/C16H27N3O/c1-4-20-15-7-5-14(6-8-15)16(17)12-19-10-9-18(3)11-13(19)2/h5-8,13,16H,4,9-12,17H2,1-3H3. The van der Waals surface area contributed by atoms with E-state index in [1.165, 1.54) is 5.56 Å². The van der Waals surface area contributed by atoms with Gasteiger partial charge in [0, 0.05) is 38.3 Å². The van der Waals surface area contributed by atoms with Gasteiger partial charge in [-0.1, -0.05) is 12.1 Å². The van der Waals surface area contributed by atoms with Crippen LogP contribution >= 0.6 is 0 Å². The van der Waals surface area contributed by atoms with Gasteiger partial charge in [-0.2, -0.15) is 0 Å². The molecule has 4 nitrogen and oxygen atoms in total. The first-order chi connectivity index (χ1) is 9.60. The summed E-state index contributed by atoms with van der Waals surface area (Å²) in [6.45, 7) is 9.24. The van der Waals surface area contributed by atoms with Gasteiger partial charge in [0.2, 0.25) is 0 Å². The Labute approximate surface area is 122 Å². The fraction of sp³-hybridized carbons (Fsp3) is 0.625. The fourth-order valence-electron chi connectivity index (χ4n) is 2.78. The summed E-state index contributed by atoms with van der Waals surface area (Å²) in [7, 11) is 2.18. The quantitative estimate of drug-likeness (QED) is 0.890. The number of benzene rings is 1. The molecular weight excluding hydrogens is 250 g/mol. The first-order valence-electron chi connectivity index (χ1n) is 7.51. The molecule has 0 saturated carbocycles. The lowest BCUT2D eigenvalue weighted by atomic mass is 10.1. The molecule has 1 saturated heterocycles. The molecule has 0 radical (unpaired) electrons. The molecule has 1 aromatic rings. The zero-order chi connectivity index (χ0) is 14.5. The van der Waals surface area contributed by atoms with Crippen molar-refractivity contribution in [2.24, 2.45) is 5.73 Å². The zero-order valence-corrected chi connectivity index (χ0v) is 12.9. The summed E-state index contributed by atoms with van der Waals surface area (Å²) in [5, 5.41) is 0. The number of nitrogens with two attached hydrogens (primary N) is 1. The number of ether oxygens (including phenoxy) is 1. The Morgan fingerprint density at radius 3 is 2.60 bits per heavy atom. The van der Waals surface area contributed by atoms with Gasteiger partial charge in [-0.15, -0.1) is 0 Å². The first kappa shape index (κ1) is 15.3. The Morgan fingerprint density at radius 2 is 2.00 bits per heavy atom. The van der Waals surface area contributed by atoms with Crippen LogP contribution in [0.5, 0.6) is 5.75 Å². The molecule has 0 amide bonds. The van der Waals surface area contributed by atoms with Crippen LogP contribution < -0.4 is 10.5 Å². The van der Waals surface area contributed by atoms with E-state index < -0.39 is 0 Å². The summed E-state index contributed by atoms with van der Waals surface area (Å²) in [4.78, 5) is 4.87. The van der Waals surface area contributed by atoms with Crippen LogP contribution in [0.2, 0.25) is 0 Å². The van der Waals surface area contributed by atoms with E-state index in [0.717, 1.165) is 31.9 Å². The number of likely N-dealkylation sites (N-methyl/N-ethyl adjacent to an activating group) is 1. The maximum atomic E-state index is 6.35. The molecule has 2 unspecified atom stereocenters. The highest BCUT2D eigenvalue weighted by Gasteiger charge is 2.23. The molecular formula is C16H27N3O. The molecule has 2 rings (SSSR count). The number of nitrogens with zero attached hydrogens (tertiary/aromatic N) is 2. The molecule has 4 heteroatoms. The minimum atomic E-state index is 0.0662. The molecule has 0 bridgehead atoms. The van der Waals surface area contributed by atoms with Crippen molar-refractivity contribution >= 4 is 0 Å². The largest absolute Gasteiger partial charge is 0.494 e. The maximum absolute atomic E-state index is 6.35. The monoisotopic (exact) mass is 277 g/mol. The number of hydrogen-bond donors (Lipinski definition) is 1. The van der Waals surface area contributed by atoms with E-state index in [9.17, 15) is 0 Å². The van der Waals surface area contributed by atoms with Gasteiger partial charge in [-0.25, -0.2) is 0 Å². The van der Waals surface area contributed by atoms with E-state index >= 15 is 0 Å². The third-order valence-electron chi connectivity index (χ3n) is 4.02. The van der Waals surface area contributed by atoms with Gasteiger partial charge < -0.3 is 15.4 Å². The Balaban J connectivity index is 1.92. The molecule has 0 aliphatic carbocycles. The number of hydrogen-bond acceptors (Lipinski definition) is 4. The molecule has 1 heterocycles. The van der Waals surface area contributed by atoms with Gasteiger partial charge in [0.1, 0.15) is 5.75 Å². The summed E-state index contributed by atoms with van der Waals surface area (Å²) in [5.74, 6) is 0.913. The lowest BCUT2D eigenvalue weighted by molar-refractivity contribution is 0.0945. The van der Waals surface area contributed by atoms with Crippen molar-refractivity contribution in [1.29, 1.82) is 0 Å². The minimum Gasteiger partial charge on any atom is -0.494 e. The Hall–Kier alpha value is -1.10. The van der Waals surface area contributed by atoms with Crippen molar-refractivity contribution in [1.82, 2.24) is 9.80 Å². The molecule has 2 atom stereocenters. The second kappa shape index (κ2) is 7.07. The predicted octanol–water partition coefficient (Wildman–Crippen LogP) is 1.72. The third-order valence-corrected chi connectivity index (χ3v) is 4.02. The maximum Gasteiger partial charge on any atom is 0.119 e. The molecule has 1 aliphatic rings. The highest BCUT2D eigenvalue weighted by molar-refractivity contribution is 5.29. The van der Waals surface area contributed by atoms with E-state index in [2.05, 4.69) is 35.9 Å². The van der Waals surface area contributed by atoms with E-state index in [4.69, 9.17) is 10.5 Å². The van der Waals surface area contributed by atoms with Crippen molar-refractivity contribution in [3.05, 3.63) is 29.8 Å². The van der Waals surface area contributed by atoms with Crippen LogP contribution in [0.15, 0.2) is 24.3 Å². The second-order valence-electron chi connectivity index (χ2n) is 5.71. The normalized spacial score (nSPS) is 22.7. The lowest BCUT2D eigenvalue weighted by Gasteiger charge is -2.39. The molecule has 1 fully saturated rings. The van der Waals surface area contributed by atoms with Crippen LogP contribution in [0.1, 0.15) is 25.5 Å². The first-order valence-corrected chi connectivity index (χ1v) is 7.51. The van der Waals surface area contributed by atoms with E-state index in [1.807, 2.05) is 19.1 Å². The van der Waals surface area contributed by atoms with Crippen LogP contribution in [0.3, 0.4) is 0 Å². The van der Waals surface area contributed by atoms with Crippen LogP contribution in [-0.2, 0) is 0 Å². The molecule has 2 N–H and O–H groups in total. The van der Waals surface area contributed by atoms with Crippen LogP contribution in [0.4, 0.5) is 0 Å². The highest BCUT2D eigenvalue weighted by atomic mass is 16.5. The molecule has 0 spiro atoms. The topological polar surface area (TPSA) is 41.7 Å². The van der Waals surface area contributed by atoms with Gasteiger partial charge in [0.25, 0.3) is 0 Å². The SMILES string of the molecule is CCOc1ccc(C(N)CN2CCN(C)CC2C)cc1. The summed E-state index contributed by atoms with van der Waals surface area (Å²) in [5.41, 5.74) is 7.53. The highest BCUT2D eigenvalue weighted by Crippen LogP contribution is 2.19. The van der Waals surface area contributed by atoms with Gasteiger partial charge in [0.15, 0.2) is 0 Å². The van der Waals surface area contributed by atoms with Gasteiger partial charge >= 0.3 is 0 Å². The minimum absolute atomic E-state index is 0.0662. The lowest BCUT2D eigenvalue weighted by Crippen LogP contribution is -2.52. The molecule has 20 heavy (non-hydrogen) atoms. The Kier molecular flexibility index (Phi) is 5.40. The summed E-state index contributed by atoms with van der Waals surface area (Å²) >= 11 is 0. The number of piperazine rings is 1. The summed E-state index contributed by atoms with van der Waals surface area (Å²) < 4.78 is 5.46. The second-order valence-corrected chi connectivity index (χ2v) is 5.71. The Bertz CT molecular complexity index is 407. The van der Waals surface area contributed by atoms with Crippen LogP contribution in [0.25, 0.3) is 0 Å². The average Bonchev–Trinajstić information content (AvgIpc) is 2.43. The fourth-order valence-corrected chi connectivity index (χ4v) is 2.78. The predicted molar refractivity (Wildman–Crippen MR) is 83.1 cm³/mol. The van der Waals surface area contributed by atoms with Crippen LogP contribution in [0, 0.1) is 0 Å². The van der Waals surface area contributed by atoms with E-state index in [0.29, 0.717) is 12.6 Å². The third kappa shape index (κ3) is 3.95. The summed E-state index contributed by atoms with van der Waals surface area (Å²) in [6.07, 6.45) is 0. The number of rotatable bonds is 5. The summed E-state index contributed by atoms with van der Waals surface area (Å²) in [6, 6.07) is 8.81. The average molecular weight is 277 g/mol. The van der Waals surface area contributed by atoms with Gasteiger partial charge in [-0.3, -0.25) is 4.90 Å². The molecule has 0 aromatic heterocycles. The van der Waals surface area contributed by atoms with Crippen molar-refractivity contribution < 1.29 is 4.74 Å². The molecule has 1 aromatic carbocycles. The van der Waals surface area contributed by atoms with E-state index in [-0.39, 0.29) is 6.04 Å². The smallest absolute Gasteiger partial charge is 0.119 e. The van der Waals surface area contributed by atoms with Crippen molar-refractivity contribution in [2.45, 2.75) is 25.9 Å². The van der Waals surface area contributed by atoms with Gasteiger partial charge in [-0.05, 0) is 38.6 Å². The van der Waals surface area contributed by atoms with Crippen molar-refractivity contribution in [3.63, 3.8) is 0 Å². The van der Waals surface area contributed by atoms with E-state index in [1.54, 1.807) is 0 Å². The van der Waals surface area contributed by atoms with Crippen molar-refractivity contribution in [2.75, 3.05) is 39.8 Å².